The molecule has 3 heterocycles. The van der Waals surface area contributed by atoms with E-state index in [1.807, 2.05) is 0 Å². The molecule has 0 unspecified atom stereocenters. The second-order valence-electron chi connectivity index (χ2n) is 28.7. The van der Waals surface area contributed by atoms with Crippen LogP contribution in [0.5, 0.6) is 0 Å². The summed E-state index contributed by atoms with van der Waals surface area (Å²) in [6.07, 6.45) is 7.01. The molecular weight excluding hydrogens is 836 g/mol. The zero-order valence-electron chi connectivity index (χ0n) is 46.1. The molecule has 3 aliphatic carbocycles. The van der Waals surface area contributed by atoms with Crippen LogP contribution in [0.3, 0.4) is 0 Å². The molecule has 3 nitrogen and oxygen atoms in total. The summed E-state index contributed by atoms with van der Waals surface area (Å²) in [6.45, 7) is 46.0. The summed E-state index contributed by atoms with van der Waals surface area (Å²) in [5, 5.41) is 1.23. The van der Waals surface area contributed by atoms with Crippen molar-refractivity contribution in [2.75, 3.05) is 9.80 Å². The van der Waals surface area contributed by atoms with Crippen molar-refractivity contribution < 1.29 is 4.42 Å². The van der Waals surface area contributed by atoms with E-state index < -0.39 is 0 Å². The molecule has 1 aromatic heterocycles. The third-order valence-corrected chi connectivity index (χ3v) is 18.9. The van der Waals surface area contributed by atoms with Gasteiger partial charge in [-0.15, -0.1) is 0 Å². The second-order valence-corrected chi connectivity index (χ2v) is 28.7. The quantitative estimate of drug-likeness (QED) is 0.161. The van der Waals surface area contributed by atoms with E-state index >= 15 is 0 Å². The van der Waals surface area contributed by atoms with Gasteiger partial charge in [-0.3, -0.25) is 0 Å². The minimum absolute atomic E-state index is 0.0333. The lowest BCUT2D eigenvalue weighted by Gasteiger charge is -2.47. The van der Waals surface area contributed by atoms with Crippen LogP contribution in [-0.4, -0.2) is 6.71 Å². The Morgan fingerprint density at radius 2 is 0.928 bits per heavy atom. The highest BCUT2D eigenvalue weighted by atomic mass is 16.3. The van der Waals surface area contributed by atoms with Crippen molar-refractivity contribution in [3.05, 3.63) is 123 Å². The number of benzene rings is 5. The average molecular weight is 917 g/mol. The van der Waals surface area contributed by atoms with Crippen molar-refractivity contribution in [2.24, 2.45) is 0 Å². The summed E-state index contributed by atoms with van der Waals surface area (Å²) in [5.74, 6) is 0. The van der Waals surface area contributed by atoms with Gasteiger partial charge in [0.1, 0.15) is 5.58 Å². The summed E-state index contributed by atoms with van der Waals surface area (Å²) in [5.41, 5.74) is 25.4. The van der Waals surface area contributed by atoms with E-state index in [2.05, 4.69) is 214 Å². The van der Waals surface area contributed by atoms with Crippen molar-refractivity contribution in [3.8, 4) is 0 Å². The third-order valence-electron chi connectivity index (χ3n) is 18.9. The van der Waals surface area contributed by atoms with Crippen molar-refractivity contribution in [1.29, 1.82) is 0 Å². The van der Waals surface area contributed by atoms with E-state index in [0.29, 0.717) is 0 Å². The lowest BCUT2D eigenvalue weighted by molar-refractivity contribution is 0.332. The number of nitrogens with zero attached hydrogens (tertiary/aromatic N) is 2. The summed E-state index contributed by atoms with van der Waals surface area (Å²) < 4.78 is 7.75. The van der Waals surface area contributed by atoms with E-state index in [1.54, 1.807) is 0 Å². The molecule has 0 atom stereocenters. The van der Waals surface area contributed by atoms with Gasteiger partial charge in [0.15, 0.2) is 0 Å². The van der Waals surface area contributed by atoms with Crippen LogP contribution in [0.4, 0.5) is 34.1 Å². The molecule has 6 aromatic rings. The Morgan fingerprint density at radius 3 is 1.46 bits per heavy atom. The van der Waals surface area contributed by atoms with E-state index in [4.69, 9.17) is 4.42 Å². The average Bonchev–Trinajstić information content (AvgIpc) is 3.62. The zero-order valence-corrected chi connectivity index (χ0v) is 46.1. The first-order valence-corrected chi connectivity index (χ1v) is 26.7. The SMILES string of the molecule is Cc1cc(C(C)(C)C)ccc1N1c2cc3c(cc2B2c4oc5cc6c(cc5c4N(c4ccc5c(c4)C(C)(C)CCC5(C)C)c4cc(C(C)(C)C)cc1c42)C(C)(C)CCC6(C)C)C(C)(C)CCC3(C)C. The van der Waals surface area contributed by atoms with Crippen molar-refractivity contribution >= 4 is 68.4 Å². The molecule has 0 amide bonds. The fourth-order valence-electron chi connectivity index (χ4n) is 13.6. The Balaban J connectivity index is 1.31. The van der Waals surface area contributed by atoms with E-state index in [0.717, 1.165) is 36.9 Å². The molecule has 2 aliphatic heterocycles. The van der Waals surface area contributed by atoms with E-state index in [1.165, 1.54) is 113 Å². The molecule has 0 saturated carbocycles. The molecule has 0 N–H and O–H groups in total. The first-order chi connectivity index (χ1) is 31.8. The first-order valence-electron chi connectivity index (χ1n) is 26.7. The topological polar surface area (TPSA) is 19.6 Å². The molecule has 4 heteroatoms. The van der Waals surface area contributed by atoms with Gasteiger partial charge in [0.05, 0.1) is 11.3 Å². The lowest BCUT2D eigenvalue weighted by atomic mass is 9.35. The number of anilines is 6. The van der Waals surface area contributed by atoms with Gasteiger partial charge in [0.25, 0.3) is 6.71 Å². The molecule has 0 bridgehead atoms. The zero-order chi connectivity index (χ0) is 49.7. The van der Waals surface area contributed by atoms with Gasteiger partial charge in [-0.25, -0.2) is 0 Å². The standard InChI is InChI=1S/C65H81BN2O/c1-38-30-39(58(2,3)4)20-23-50(38)68-51-36-47-46(63(14,15)27-28-64(47,16)17)35-49(51)66-55-52(31-40(32-53(55)68)59(5,6)7)67(41-21-22-43-44(33-41)61(10,11)25-24-60(43,8)9)56-42-34-45-48(37-54(42)69-57(56)66)65(18,19)29-26-62(45,12)13/h20-23,30-37H,24-29H2,1-19H3. The van der Waals surface area contributed by atoms with Gasteiger partial charge >= 0.3 is 0 Å². The van der Waals surface area contributed by atoms with Crippen molar-refractivity contribution in [3.63, 3.8) is 0 Å². The van der Waals surface area contributed by atoms with Crippen LogP contribution < -0.4 is 26.4 Å². The van der Waals surface area contributed by atoms with Gasteiger partial charge in [-0.2, -0.15) is 0 Å². The maximum Gasteiger partial charge on any atom is 0.297 e. The Hall–Kier alpha value is -4.70. The fraction of sp³-hybridized carbons (Fsp3) is 0.508. The Morgan fingerprint density at radius 1 is 0.449 bits per heavy atom. The van der Waals surface area contributed by atoms with Crippen molar-refractivity contribution in [1.82, 2.24) is 0 Å². The van der Waals surface area contributed by atoms with Crippen LogP contribution >= 0.6 is 0 Å². The number of hydrogen-bond acceptors (Lipinski definition) is 3. The second kappa shape index (κ2) is 14.3. The van der Waals surface area contributed by atoms with Crippen LogP contribution in [0.2, 0.25) is 0 Å². The summed E-state index contributed by atoms with van der Waals surface area (Å²) in [6, 6.07) is 30.3. The summed E-state index contributed by atoms with van der Waals surface area (Å²) >= 11 is 0. The van der Waals surface area contributed by atoms with E-state index in [-0.39, 0.29) is 50.0 Å². The lowest BCUT2D eigenvalue weighted by Crippen LogP contribution is -2.61. The number of fused-ring (bicyclic) bond motifs is 9. The monoisotopic (exact) mass is 917 g/mol. The minimum atomic E-state index is -0.124. The van der Waals surface area contributed by atoms with Gasteiger partial charge in [0, 0.05) is 33.8 Å². The molecular formula is C65H81BN2O. The molecule has 11 rings (SSSR count). The van der Waals surface area contributed by atoms with Crippen LogP contribution in [-0.2, 0) is 43.3 Å². The molecule has 0 fully saturated rings. The largest absolute Gasteiger partial charge is 0.468 e. The van der Waals surface area contributed by atoms with E-state index in [9.17, 15) is 0 Å². The normalized spacial score (nSPS) is 20.9. The smallest absolute Gasteiger partial charge is 0.297 e. The molecule has 0 saturated heterocycles. The van der Waals surface area contributed by atoms with Crippen LogP contribution in [0.25, 0.3) is 11.0 Å². The summed E-state index contributed by atoms with van der Waals surface area (Å²) in [4.78, 5) is 5.37. The predicted molar refractivity (Wildman–Crippen MR) is 298 cm³/mol. The minimum Gasteiger partial charge on any atom is -0.468 e. The maximum absolute atomic E-state index is 7.75. The molecule has 5 aliphatic rings. The van der Waals surface area contributed by atoms with Gasteiger partial charge < -0.3 is 14.2 Å². The molecule has 0 spiro atoms. The fourth-order valence-corrected chi connectivity index (χ4v) is 13.6. The van der Waals surface area contributed by atoms with Gasteiger partial charge in [-0.1, -0.05) is 149 Å². The van der Waals surface area contributed by atoms with Crippen LogP contribution in [0, 0.1) is 6.92 Å². The predicted octanol–water partition coefficient (Wildman–Crippen LogP) is 16.5. The highest BCUT2D eigenvalue weighted by Gasteiger charge is 2.51. The molecule has 360 valence electrons. The number of furan rings is 1. The number of hydrogen-bond donors (Lipinski definition) is 0. The first kappa shape index (κ1) is 46.7. The van der Waals surface area contributed by atoms with Crippen LogP contribution in [0.1, 0.15) is 213 Å². The van der Waals surface area contributed by atoms with Crippen LogP contribution in [0.15, 0.2) is 77.2 Å². The summed E-state index contributed by atoms with van der Waals surface area (Å²) in [7, 11) is 0. The Labute approximate surface area is 416 Å². The van der Waals surface area contributed by atoms with Crippen molar-refractivity contribution in [2.45, 2.75) is 213 Å². The van der Waals surface area contributed by atoms with Gasteiger partial charge in [-0.05, 0) is 198 Å². The Kier molecular flexibility index (Phi) is 9.64. The number of rotatable bonds is 2. The highest BCUT2D eigenvalue weighted by molar-refractivity contribution is 7.00. The molecule has 5 aromatic carbocycles. The third kappa shape index (κ3) is 6.85. The number of aryl methyl sites for hydroxylation is 1. The Bertz CT molecular complexity index is 3170. The molecule has 0 radical (unpaired) electrons. The van der Waals surface area contributed by atoms with Gasteiger partial charge in [0.2, 0.25) is 0 Å². The maximum atomic E-state index is 7.75. The molecule has 69 heavy (non-hydrogen) atoms. The highest BCUT2D eigenvalue weighted by Crippen LogP contribution is 2.55.